The Kier molecular flexibility index (Phi) is 2.14. The highest BCUT2D eigenvalue weighted by Gasteiger charge is 2.21. The maximum atomic E-state index is 9.01. The summed E-state index contributed by atoms with van der Waals surface area (Å²) < 4.78 is 0. The molecule has 0 aliphatic heterocycles. The second kappa shape index (κ2) is 3.32. The van der Waals surface area contributed by atoms with Crippen LogP contribution in [0.5, 0.6) is 0 Å². The first-order valence-electron chi connectivity index (χ1n) is 4.81. The number of hydrogen-bond donors (Lipinski definition) is 2. The van der Waals surface area contributed by atoms with Gasteiger partial charge in [0.15, 0.2) is 0 Å². The minimum Gasteiger partial charge on any atom is -0.398 e. The summed E-state index contributed by atoms with van der Waals surface area (Å²) >= 11 is 0. The molecule has 0 unspecified atom stereocenters. The van der Waals surface area contributed by atoms with Crippen LogP contribution in [0.4, 0.5) is 5.69 Å². The molecule has 1 atom stereocenters. The molecule has 14 heavy (non-hydrogen) atoms. The Morgan fingerprint density at radius 1 is 1.43 bits per heavy atom. The number of aryl methyl sites for hydroxylation is 1. The molecule has 0 aromatic heterocycles. The fourth-order valence-electron chi connectivity index (χ4n) is 2.10. The van der Waals surface area contributed by atoms with Crippen LogP contribution >= 0.6 is 0 Å². The van der Waals surface area contributed by atoms with E-state index in [-0.39, 0.29) is 6.04 Å². The highest BCUT2D eigenvalue weighted by molar-refractivity contribution is 5.61. The molecule has 0 amide bonds. The zero-order valence-corrected chi connectivity index (χ0v) is 7.96. The van der Waals surface area contributed by atoms with E-state index in [1.165, 1.54) is 5.56 Å². The Morgan fingerprint density at radius 2 is 2.21 bits per heavy atom. The highest BCUT2D eigenvalue weighted by atomic mass is 14.7. The van der Waals surface area contributed by atoms with Gasteiger partial charge >= 0.3 is 0 Å². The van der Waals surface area contributed by atoms with E-state index in [0.717, 1.165) is 24.8 Å². The first kappa shape index (κ1) is 9.04. The molecule has 3 nitrogen and oxygen atoms in total. The SMILES string of the molecule is N#Cc1c(N)ccc2c1[C@@H](N)CCC2. The number of anilines is 1. The second-order valence-corrected chi connectivity index (χ2v) is 3.71. The molecular formula is C11H13N3. The van der Waals surface area contributed by atoms with Gasteiger partial charge in [0.25, 0.3) is 0 Å². The van der Waals surface area contributed by atoms with Crippen LogP contribution < -0.4 is 11.5 Å². The van der Waals surface area contributed by atoms with Gasteiger partial charge < -0.3 is 11.5 Å². The molecule has 0 spiro atoms. The third kappa shape index (κ3) is 1.24. The van der Waals surface area contributed by atoms with Crippen molar-refractivity contribution in [1.29, 1.82) is 5.26 Å². The van der Waals surface area contributed by atoms with Crippen molar-refractivity contribution in [3.8, 4) is 6.07 Å². The van der Waals surface area contributed by atoms with Crippen LogP contribution in [-0.4, -0.2) is 0 Å². The summed E-state index contributed by atoms with van der Waals surface area (Å²) in [5.74, 6) is 0. The van der Waals surface area contributed by atoms with E-state index in [0.29, 0.717) is 11.3 Å². The van der Waals surface area contributed by atoms with Crippen LogP contribution in [0.25, 0.3) is 0 Å². The van der Waals surface area contributed by atoms with Crippen molar-refractivity contribution in [2.75, 3.05) is 5.73 Å². The largest absolute Gasteiger partial charge is 0.398 e. The molecule has 1 aromatic carbocycles. The molecule has 3 heteroatoms. The predicted octanol–water partition coefficient (Wildman–Crippen LogP) is 1.48. The van der Waals surface area contributed by atoms with Gasteiger partial charge in [0, 0.05) is 11.7 Å². The third-order valence-electron chi connectivity index (χ3n) is 2.81. The van der Waals surface area contributed by atoms with E-state index in [1.54, 1.807) is 6.07 Å². The van der Waals surface area contributed by atoms with Crippen molar-refractivity contribution in [3.63, 3.8) is 0 Å². The topological polar surface area (TPSA) is 75.8 Å². The summed E-state index contributed by atoms with van der Waals surface area (Å²) in [4.78, 5) is 0. The summed E-state index contributed by atoms with van der Waals surface area (Å²) in [6, 6.07) is 5.92. The molecule has 0 saturated carbocycles. The molecule has 0 radical (unpaired) electrons. The minimum atomic E-state index is -0.0168. The van der Waals surface area contributed by atoms with Crippen molar-refractivity contribution < 1.29 is 0 Å². The lowest BCUT2D eigenvalue weighted by Gasteiger charge is -2.23. The second-order valence-electron chi connectivity index (χ2n) is 3.71. The average molecular weight is 187 g/mol. The lowest BCUT2D eigenvalue weighted by molar-refractivity contribution is 0.569. The van der Waals surface area contributed by atoms with E-state index >= 15 is 0 Å². The predicted molar refractivity (Wildman–Crippen MR) is 55.4 cm³/mol. The van der Waals surface area contributed by atoms with Gasteiger partial charge in [0.05, 0.1) is 5.56 Å². The van der Waals surface area contributed by atoms with E-state index < -0.39 is 0 Å². The quantitative estimate of drug-likeness (QED) is 0.604. The van der Waals surface area contributed by atoms with Crippen molar-refractivity contribution in [2.24, 2.45) is 5.73 Å². The molecule has 2 rings (SSSR count). The van der Waals surface area contributed by atoms with E-state index in [2.05, 4.69) is 6.07 Å². The Balaban J connectivity index is 2.65. The summed E-state index contributed by atoms with van der Waals surface area (Å²) in [6.07, 6.45) is 3.06. The maximum absolute atomic E-state index is 9.01. The van der Waals surface area contributed by atoms with Gasteiger partial charge in [-0.15, -0.1) is 0 Å². The fraction of sp³-hybridized carbons (Fsp3) is 0.364. The maximum Gasteiger partial charge on any atom is 0.102 e. The van der Waals surface area contributed by atoms with Gasteiger partial charge in [-0.25, -0.2) is 0 Å². The van der Waals surface area contributed by atoms with Crippen molar-refractivity contribution in [1.82, 2.24) is 0 Å². The van der Waals surface area contributed by atoms with Crippen molar-refractivity contribution in [2.45, 2.75) is 25.3 Å². The molecule has 4 N–H and O–H groups in total. The lowest BCUT2D eigenvalue weighted by atomic mass is 9.84. The third-order valence-corrected chi connectivity index (χ3v) is 2.81. The summed E-state index contributed by atoms with van der Waals surface area (Å²) in [5, 5.41) is 9.01. The molecule has 0 fully saturated rings. The molecule has 1 aromatic rings. The molecule has 0 heterocycles. The van der Waals surface area contributed by atoms with Gasteiger partial charge in [-0.1, -0.05) is 6.07 Å². The number of rotatable bonds is 0. The number of hydrogen-bond acceptors (Lipinski definition) is 3. The molecule has 0 bridgehead atoms. The van der Waals surface area contributed by atoms with Gasteiger partial charge in [-0.3, -0.25) is 0 Å². The molecule has 0 saturated heterocycles. The van der Waals surface area contributed by atoms with Crippen molar-refractivity contribution in [3.05, 3.63) is 28.8 Å². The standard InChI is InChI=1S/C11H13N3/c12-6-8-9(13)5-4-7-2-1-3-10(14)11(7)8/h4-5,10H,1-3,13-14H2/t10-/m0/s1. The van der Waals surface area contributed by atoms with Gasteiger partial charge in [-0.2, -0.15) is 5.26 Å². The number of nitrogens with two attached hydrogens (primary N) is 2. The van der Waals surface area contributed by atoms with E-state index in [4.69, 9.17) is 16.7 Å². The first-order valence-corrected chi connectivity index (χ1v) is 4.81. The Morgan fingerprint density at radius 3 is 2.93 bits per heavy atom. The summed E-state index contributed by atoms with van der Waals surface area (Å²) in [5.41, 5.74) is 15.0. The zero-order chi connectivity index (χ0) is 10.1. The van der Waals surface area contributed by atoms with Crippen LogP contribution in [0, 0.1) is 11.3 Å². The molecule has 1 aliphatic carbocycles. The van der Waals surface area contributed by atoms with Crippen LogP contribution in [0.1, 0.15) is 35.6 Å². The van der Waals surface area contributed by atoms with Crippen LogP contribution in [0.3, 0.4) is 0 Å². The van der Waals surface area contributed by atoms with Crippen LogP contribution in [0.2, 0.25) is 0 Å². The summed E-state index contributed by atoms with van der Waals surface area (Å²) in [7, 11) is 0. The van der Waals surface area contributed by atoms with Gasteiger partial charge in [0.2, 0.25) is 0 Å². The molecular weight excluding hydrogens is 174 g/mol. The molecule has 1 aliphatic rings. The smallest absolute Gasteiger partial charge is 0.102 e. The number of nitrogen functional groups attached to an aromatic ring is 1. The number of nitriles is 1. The average Bonchev–Trinajstić information content (AvgIpc) is 2.19. The molecule has 72 valence electrons. The summed E-state index contributed by atoms with van der Waals surface area (Å²) in [6.45, 7) is 0. The van der Waals surface area contributed by atoms with E-state index in [1.807, 2.05) is 6.07 Å². The Bertz CT molecular complexity index is 404. The first-order chi connectivity index (χ1) is 6.74. The minimum absolute atomic E-state index is 0.0168. The van der Waals surface area contributed by atoms with E-state index in [9.17, 15) is 0 Å². The Hall–Kier alpha value is -1.53. The zero-order valence-electron chi connectivity index (χ0n) is 7.96. The highest BCUT2D eigenvalue weighted by Crippen LogP contribution is 2.32. The number of fused-ring (bicyclic) bond motifs is 1. The Labute approximate surface area is 83.3 Å². The van der Waals surface area contributed by atoms with Gasteiger partial charge in [0.1, 0.15) is 6.07 Å². The number of nitrogens with zero attached hydrogens (tertiary/aromatic N) is 1. The fourth-order valence-corrected chi connectivity index (χ4v) is 2.10. The van der Waals surface area contributed by atoms with Gasteiger partial charge in [-0.05, 0) is 36.5 Å². The van der Waals surface area contributed by atoms with Crippen molar-refractivity contribution >= 4 is 5.69 Å². The van der Waals surface area contributed by atoms with Crippen LogP contribution in [0.15, 0.2) is 12.1 Å². The van der Waals surface area contributed by atoms with Crippen LogP contribution in [-0.2, 0) is 6.42 Å². The number of benzene rings is 1. The monoisotopic (exact) mass is 187 g/mol. The normalized spacial score (nSPS) is 19.9. The lowest BCUT2D eigenvalue weighted by Crippen LogP contribution is -2.19.